The van der Waals surface area contributed by atoms with Gasteiger partial charge in [-0.1, -0.05) is 11.6 Å². The molecule has 88 valence electrons. The molecule has 0 unspecified atom stereocenters. The van der Waals surface area contributed by atoms with Crippen LogP contribution in [0.4, 0.5) is 5.69 Å². The number of hydrogen-bond acceptors (Lipinski definition) is 3. The Morgan fingerprint density at radius 2 is 2.35 bits per heavy atom. The van der Waals surface area contributed by atoms with E-state index < -0.39 is 0 Å². The number of carbonyl (C=O) groups excluding carboxylic acids is 1. The highest BCUT2D eigenvalue weighted by molar-refractivity contribution is 6.29. The third-order valence-electron chi connectivity index (χ3n) is 2.19. The zero-order valence-electron chi connectivity index (χ0n) is 9.22. The number of aryl methyl sites for hydroxylation is 1. The fourth-order valence-corrected chi connectivity index (χ4v) is 1.58. The molecule has 6 heteroatoms. The van der Waals surface area contributed by atoms with Crippen LogP contribution in [0.1, 0.15) is 5.69 Å². The third-order valence-corrected chi connectivity index (χ3v) is 2.40. The number of pyridine rings is 1. The van der Waals surface area contributed by atoms with Gasteiger partial charge >= 0.3 is 0 Å². The van der Waals surface area contributed by atoms with E-state index in [-0.39, 0.29) is 12.5 Å². The monoisotopic (exact) mass is 250 g/mol. The lowest BCUT2D eigenvalue weighted by Gasteiger charge is -2.07. The average Bonchev–Trinajstić information content (AvgIpc) is 2.75. The van der Waals surface area contributed by atoms with Gasteiger partial charge in [-0.15, -0.1) is 0 Å². The van der Waals surface area contributed by atoms with Gasteiger partial charge in [0.25, 0.3) is 0 Å². The maximum atomic E-state index is 11.7. The summed E-state index contributed by atoms with van der Waals surface area (Å²) in [7, 11) is 0. The first kappa shape index (κ1) is 11.6. The van der Waals surface area contributed by atoms with Gasteiger partial charge in [0.05, 0.1) is 11.4 Å². The molecule has 0 aliphatic carbocycles. The van der Waals surface area contributed by atoms with Crippen LogP contribution in [0.15, 0.2) is 30.6 Å². The Labute approximate surface area is 103 Å². The summed E-state index contributed by atoms with van der Waals surface area (Å²) in [5.74, 6) is -0.152. The van der Waals surface area contributed by atoms with Crippen LogP contribution >= 0.6 is 11.6 Å². The second-order valence-corrected chi connectivity index (χ2v) is 3.91. The molecule has 17 heavy (non-hydrogen) atoms. The Kier molecular flexibility index (Phi) is 3.39. The molecular formula is C11H11ClN4O. The van der Waals surface area contributed by atoms with Crippen molar-refractivity contribution in [1.82, 2.24) is 14.8 Å². The third kappa shape index (κ3) is 3.04. The number of halogens is 1. The fraction of sp³-hybridized carbons (Fsp3) is 0.182. The molecule has 2 heterocycles. The normalized spacial score (nSPS) is 10.2. The highest BCUT2D eigenvalue weighted by Crippen LogP contribution is 2.15. The number of rotatable bonds is 3. The second kappa shape index (κ2) is 4.97. The predicted octanol–water partition coefficient (Wildman–Crippen LogP) is 1.88. The van der Waals surface area contributed by atoms with E-state index in [1.165, 1.54) is 0 Å². The summed E-state index contributed by atoms with van der Waals surface area (Å²) in [6, 6.07) is 5.13. The molecule has 2 rings (SSSR count). The van der Waals surface area contributed by atoms with E-state index in [4.69, 9.17) is 11.6 Å². The molecule has 0 atom stereocenters. The highest BCUT2D eigenvalue weighted by atomic mass is 35.5. The molecule has 0 aromatic carbocycles. The lowest BCUT2D eigenvalue weighted by molar-refractivity contribution is -0.116. The Morgan fingerprint density at radius 3 is 3.00 bits per heavy atom. The predicted molar refractivity (Wildman–Crippen MR) is 64.8 cm³/mol. The van der Waals surface area contributed by atoms with Crippen molar-refractivity contribution in [2.24, 2.45) is 0 Å². The molecule has 2 aromatic rings. The largest absolute Gasteiger partial charge is 0.323 e. The van der Waals surface area contributed by atoms with E-state index in [0.717, 1.165) is 0 Å². The topological polar surface area (TPSA) is 59.8 Å². The van der Waals surface area contributed by atoms with Crippen molar-refractivity contribution < 1.29 is 4.79 Å². The quantitative estimate of drug-likeness (QED) is 0.846. The molecule has 0 aliphatic heterocycles. The van der Waals surface area contributed by atoms with Crippen LogP contribution in [0.5, 0.6) is 0 Å². The number of anilines is 1. The van der Waals surface area contributed by atoms with Crippen LogP contribution in [-0.2, 0) is 11.3 Å². The smallest absolute Gasteiger partial charge is 0.246 e. The van der Waals surface area contributed by atoms with Crippen molar-refractivity contribution >= 4 is 23.2 Å². The van der Waals surface area contributed by atoms with Gasteiger partial charge in [-0.25, -0.2) is 4.98 Å². The van der Waals surface area contributed by atoms with Gasteiger partial charge in [0.2, 0.25) is 5.91 Å². The van der Waals surface area contributed by atoms with E-state index in [1.807, 2.05) is 0 Å². The fourth-order valence-electron chi connectivity index (χ4n) is 1.39. The molecule has 0 spiro atoms. The number of carbonyl (C=O) groups is 1. The van der Waals surface area contributed by atoms with Gasteiger partial charge in [0, 0.05) is 12.4 Å². The minimum Gasteiger partial charge on any atom is -0.323 e. The Morgan fingerprint density at radius 1 is 1.53 bits per heavy atom. The highest BCUT2D eigenvalue weighted by Gasteiger charge is 2.06. The van der Waals surface area contributed by atoms with Crippen LogP contribution in [-0.4, -0.2) is 20.7 Å². The summed E-state index contributed by atoms with van der Waals surface area (Å²) in [5.41, 5.74) is 1.35. The zero-order chi connectivity index (χ0) is 12.3. The van der Waals surface area contributed by atoms with Crippen molar-refractivity contribution in [3.63, 3.8) is 0 Å². The van der Waals surface area contributed by atoms with Crippen LogP contribution in [0.2, 0.25) is 5.15 Å². The van der Waals surface area contributed by atoms with Crippen LogP contribution < -0.4 is 5.32 Å². The number of nitrogens with one attached hydrogen (secondary N) is 1. The summed E-state index contributed by atoms with van der Waals surface area (Å²) in [4.78, 5) is 15.7. The summed E-state index contributed by atoms with van der Waals surface area (Å²) in [5, 5.41) is 7.12. The lowest BCUT2D eigenvalue weighted by atomic mass is 10.3. The molecule has 0 bridgehead atoms. The molecule has 2 aromatic heterocycles. The first-order valence-electron chi connectivity index (χ1n) is 5.05. The number of hydrogen-bond donors (Lipinski definition) is 1. The van der Waals surface area contributed by atoms with Gasteiger partial charge in [-0.05, 0) is 25.1 Å². The van der Waals surface area contributed by atoms with Gasteiger partial charge in [0.15, 0.2) is 0 Å². The first-order valence-corrected chi connectivity index (χ1v) is 5.43. The maximum absolute atomic E-state index is 11.7. The Balaban J connectivity index is 2.03. The molecule has 0 fully saturated rings. The van der Waals surface area contributed by atoms with Crippen molar-refractivity contribution in [2.75, 3.05) is 5.32 Å². The summed E-state index contributed by atoms with van der Waals surface area (Å²) < 4.78 is 1.55. The molecule has 1 N–H and O–H groups in total. The SMILES string of the molecule is Cc1nc(Cl)ccc1NC(=O)Cn1cccn1. The minimum atomic E-state index is -0.152. The van der Waals surface area contributed by atoms with Gasteiger partial charge in [0.1, 0.15) is 11.7 Å². The average molecular weight is 251 g/mol. The summed E-state index contributed by atoms with van der Waals surface area (Å²) in [6.45, 7) is 1.96. The molecule has 0 saturated heterocycles. The van der Waals surface area contributed by atoms with E-state index >= 15 is 0 Å². The molecule has 5 nitrogen and oxygen atoms in total. The van der Waals surface area contributed by atoms with Crippen LogP contribution in [0.25, 0.3) is 0 Å². The molecule has 1 amide bonds. The Bertz CT molecular complexity index is 524. The van der Waals surface area contributed by atoms with Crippen LogP contribution in [0, 0.1) is 6.92 Å². The van der Waals surface area contributed by atoms with E-state index in [1.54, 1.807) is 42.2 Å². The van der Waals surface area contributed by atoms with E-state index in [9.17, 15) is 4.79 Å². The maximum Gasteiger partial charge on any atom is 0.246 e. The van der Waals surface area contributed by atoms with Gasteiger partial charge < -0.3 is 5.32 Å². The number of nitrogens with zero attached hydrogens (tertiary/aromatic N) is 3. The zero-order valence-corrected chi connectivity index (χ0v) is 9.98. The van der Waals surface area contributed by atoms with Gasteiger partial charge in [-0.2, -0.15) is 5.10 Å². The summed E-state index contributed by atoms with van der Waals surface area (Å²) in [6.07, 6.45) is 3.36. The summed E-state index contributed by atoms with van der Waals surface area (Å²) >= 11 is 5.73. The van der Waals surface area contributed by atoms with Gasteiger partial charge in [-0.3, -0.25) is 9.48 Å². The van der Waals surface area contributed by atoms with Crippen LogP contribution in [0.3, 0.4) is 0 Å². The lowest BCUT2D eigenvalue weighted by Crippen LogP contribution is -2.19. The number of aromatic nitrogens is 3. The minimum absolute atomic E-state index is 0.152. The van der Waals surface area contributed by atoms with Crippen molar-refractivity contribution in [1.29, 1.82) is 0 Å². The second-order valence-electron chi connectivity index (χ2n) is 3.52. The molecular weight excluding hydrogens is 240 g/mol. The molecule has 0 aliphatic rings. The van der Waals surface area contributed by atoms with E-state index in [2.05, 4.69) is 15.4 Å². The van der Waals surface area contributed by atoms with Crippen molar-refractivity contribution in [3.8, 4) is 0 Å². The Hall–Kier alpha value is -1.88. The molecule has 0 saturated carbocycles. The standard InChI is InChI=1S/C11H11ClN4O/c1-8-9(3-4-10(12)14-8)15-11(17)7-16-6-2-5-13-16/h2-6H,7H2,1H3,(H,15,17). The van der Waals surface area contributed by atoms with E-state index in [0.29, 0.717) is 16.5 Å². The first-order chi connectivity index (χ1) is 8.15. The van der Waals surface area contributed by atoms with Crippen molar-refractivity contribution in [3.05, 3.63) is 41.4 Å². The molecule has 0 radical (unpaired) electrons. The number of amides is 1. The van der Waals surface area contributed by atoms with Crippen molar-refractivity contribution in [2.45, 2.75) is 13.5 Å².